The molecule has 152 valence electrons. The molecule has 0 spiro atoms. The smallest absolute Gasteiger partial charge is 0.464 e. The minimum absolute atomic E-state index is 0.0559. The molecule has 4 nitrogen and oxygen atoms in total. The molecule has 1 fully saturated rings. The molecule has 0 unspecified atom stereocenters. The number of benzene rings is 1. The van der Waals surface area contributed by atoms with Crippen LogP contribution in [-0.2, 0) is 20.5 Å². The van der Waals surface area contributed by atoms with Crippen molar-refractivity contribution >= 4 is 20.7 Å². The van der Waals surface area contributed by atoms with Gasteiger partial charge in [0, 0.05) is 14.7 Å². The minimum atomic E-state index is -1.14. The Morgan fingerprint density at radius 1 is 1.07 bits per heavy atom. The first-order valence-electron chi connectivity index (χ1n) is 9.75. The van der Waals surface area contributed by atoms with Gasteiger partial charge in [-0.2, -0.15) is 0 Å². The van der Waals surface area contributed by atoms with Crippen molar-refractivity contribution in [2.45, 2.75) is 77.9 Å². The molecule has 0 radical (unpaired) electrons. The predicted molar refractivity (Wildman–Crippen MR) is 111 cm³/mol. The molecule has 1 aromatic rings. The van der Waals surface area contributed by atoms with Crippen molar-refractivity contribution in [3.63, 3.8) is 0 Å². The second-order valence-electron chi connectivity index (χ2n) is 9.40. The van der Waals surface area contributed by atoms with E-state index in [1.807, 2.05) is 34.6 Å². The van der Waals surface area contributed by atoms with Gasteiger partial charge in [0.15, 0.2) is 18.4 Å². The highest BCUT2D eigenvalue weighted by Crippen LogP contribution is 2.37. The normalized spacial score (nSPS) is 18.8. The Balaban J connectivity index is 2.07. The van der Waals surface area contributed by atoms with Crippen molar-refractivity contribution in [1.82, 2.24) is 0 Å². The Kier molecular flexibility index (Phi) is 6.83. The van der Waals surface area contributed by atoms with E-state index in [0.717, 1.165) is 23.5 Å². The second-order valence-corrected chi connectivity index (χ2v) is 15.0. The standard InChI is InChI=1S/C20H34BFO4Si/c1-9-15-12-18(24-14-23-10-11-27(6,7)8)17(22)13-16(15)21-25-19(2,3)20(4,5)26-21/h12-13H,9-11,14H2,1-8H3. The van der Waals surface area contributed by atoms with Crippen LogP contribution in [0.2, 0.25) is 25.7 Å². The highest BCUT2D eigenvalue weighted by Gasteiger charge is 2.52. The molecule has 1 aliphatic heterocycles. The third-order valence-electron chi connectivity index (χ3n) is 5.38. The van der Waals surface area contributed by atoms with E-state index in [-0.39, 0.29) is 12.5 Å². The van der Waals surface area contributed by atoms with E-state index in [1.54, 1.807) is 6.07 Å². The fourth-order valence-electron chi connectivity index (χ4n) is 2.76. The van der Waals surface area contributed by atoms with Gasteiger partial charge in [0.25, 0.3) is 0 Å². The van der Waals surface area contributed by atoms with E-state index >= 15 is 0 Å². The molecule has 0 saturated carbocycles. The molecule has 0 amide bonds. The lowest BCUT2D eigenvalue weighted by molar-refractivity contribution is 0.00578. The lowest BCUT2D eigenvalue weighted by Crippen LogP contribution is -2.41. The molecule has 7 heteroatoms. The van der Waals surface area contributed by atoms with Gasteiger partial charge in [-0.15, -0.1) is 0 Å². The Morgan fingerprint density at radius 2 is 1.67 bits per heavy atom. The fourth-order valence-corrected chi connectivity index (χ4v) is 3.52. The van der Waals surface area contributed by atoms with Crippen LogP contribution in [0.15, 0.2) is 12.1 Å². The first-order chi connectivity index (χ1) is 12.4. The summed E-state index contributed by atoms with van der Waals surface area (Å²) in [5.74, 6) is -0.217. The Hall–Kier alpha value is -0.888. The largest absolute Gasteiger partial charge is 0.495 e. The van der Waals surface area contributed by atoms with E-state index in [1.165, 1.54) is 6.07 Å². The summed E-state index contributed by atoms with van der Waals surface area (Å²) < 4.78 is 37.8. The number of hydrogen-bond acceptors (Lipinski definition) is 4. The van der Waals surface area contributed by atoms with Gasteiger partial charge in [-0.3, -0.25) is 0 Å². The number of rotatable bonds is 8. The van der Waals surface area contributed by atoms with Crippen LogP contribution in [-0.4, -0.2) is 39.8 Å². The molecule has 1 heterocycles. The number of ether oxygens (including phenoxy) is 2. The zero-order valence-corrected chi connectivity index (χ0v) is 19.1. The van der Waals surface area contributed by atoms with Gasteiger partial charge >= 0.3 is 7.12 Å². The highest BCUT2D eigenvalue weighted by atomic mass is 28.3. The van der Waals surface area contributed by atoms with Gasteiger partial charge < -0.3 is 18.8 Å². The summed E-state index contributed by atoms with van der Waals surface area (Å²) in [6.07, 6.45) is 0.729. The molecular formula is C20H34BFO4Si. The molecule has 0 aliphatic carbocycles. The van der Waals surface area contributed by atoms with Gasteiger partial charge in [0.1, 0.15) is 0 Å². The van der Waals surface area contributed by atoms with Crippen LogP contribution in [0.1, 0.15) is 40.2 Å². The lowest BCUT2D eigenvalue weighted by Gasteiger charge is -2.32. The lowest BCUT2D eigenvalue weighted by atomic mass is 9.75. The topological polar surface area (TPSA) is 36.9 Å². The maximum absolute atomic E-state index is 14.6. The summed E-state index contributed by atoms with van der Waals surface area (Å²) in [6.45, 7) is 17.6. The molecule has 27 heavy (non-hydrogen) atoms. The quantitative estimate of drug-likeness (QED) is 0.371. The van der Waals surface area contributed by atoms with Crippen molar-refractivity contribution in [3.05, 3.63) is 23.5 Å². The summed E-state index contributed by atoms with van der Waals surface area (Å²) in [6, 6.07) is 4.26. The number of halogens is 1. The van der Waals surface area contributed by atoms with Crippen LogP contribution in [0, 0.1) is 5.82 Å². The predicted octanol–water partition coefficient (Wildman–Crippen LogP) is 4.38. The van der Waals surface area contributed by atoms with Gasteiger partial charge in [-0.25, -0.2) is 4.39 Å². The fraction of sp³-hybridized carbons (Fsp3) is 0.700. The third-order valence-corrected chi connectivity index (χ3v) is 7.08. The highest BCUT2D eigenvalue weighted by molar-refractivity contribution is 6.76. The summed E-state index contributed by atoms with van der Waals surface area (Å²) in [4.78, 5) is 0. The zero-order valence-electron chi connectivity index (χ0n) is 18.1. The molecule has 2 rings (SSSR count). The summed E-state index contributed by atoms with van der Waals surface area (Å²) in [5.41, 5.74) is 0.754. The van der Waals surface area contributed by atoms with Crippen molar-refractivity contribution in [2.24, 2.45) is 0 Å². The molecule has 1 aromatic carbocycles. The first-order valence-corrected chi connectivity index (χ1v) is 13.5. The van der Waals surface area contributed by atoms with Crippen LogP contribution in [0.5, 0.6) is 5.75 Å². The maximum Gasteiger partial charge on any atom is 0.495 e. The molecular weight excluding hydrogens is 362 g/mol. The molecule has 0 aromatic heterocycles. The third kappa shape index (κ3) is 5.56. The Labute approximate surface area is 164 Å². The average Bonchev–Trinajstić information content (AvgIpc) is 2.75. The van der Waals surface area contributed by atoms with Gasteiger partial charge in [0.2, 0.25) is 0 Å². The Bertz CT molecular complexity index is 642. The molecule has 0 atom stereocenters. The van der Waals surface area contributed by atoms with Crippen LogP contribution in [0.3, 0.4) is 0 Å². The van der Waals surface area contributed by atoms with Crippen LogP contribution < -0.4 is 10.2 Å². The van der Waals surface area contributed by atoms with Crippen LogP contribution in [0.4, 0.5) is 4.39 Å². The summed E-state index contributed by atoms with van der Waals surface area (Å²) >= 11 is 0. The summed E-state index contributed by atoms with van der Waals surface area (Å²) in [7, 11) is -1.72. The van der Waals surface area contributed by atoms with Gasteiger partial charge in [-0.05, 0) is 63.3 Å². The monoisotopic (exact) mass is 396 g/mol. The van der Waals surface area contributed by atoms with Crippen molar-refractivity contribution in [2.75, 3.05) is 13.4 Å². The second kappa shape index (κ2) is 8.23. The first kappa shape index (κ1) is 22.4. The Morgan fingerprint density at radius 3 is 2.19 bits per heavy atom. The molecule has 1 aliphatic rings. The van der Waals surface area contributed by atoms with E-state index in [9.17, 15) is 4.39 Å². The van der Waals surface area contributed by atoms with Crippen molar-refractivity contribution in [3.8, 4) is 5.75 Å². The van der Waals surface area contributed by atoms with Crippen LogP contribution >= 0.6 is 0 Å². The van der Waals surface area contributed by atoms with E-state index in [4.69, 9.17) is 18.8 Å². The van der Waals surface area contributed by atoms with Crippen LogP contribution in [0.25, 0.3) is 0 Å². The molecule has 1 saturated heterocycles. The van der Waals surface area contributed by atoms with E-state index < -0.39 is 32.2 Å². The SMILES string of the molecule is CCc1cc(OCOCC[Si](C)(C)C)c(F)cc1B1OC(C)(C)C(C)(C)O1. The van der Waals surface area contributed by atoms with Crippen molar-refractivity contribution < 1.29 is 23.2 Å². The maximum atomic E-state index is 14.6. The zero-order chi connectivity index (χ0) is 20.5. The molecule has 0 bridgehead atoms. The minimum Gasteiger partial charge on any atom is -0.464 e. The van der Waals surface area contributed by atoms with Gasteiger partial charge in [-0.1, -0.05) is 26.6 Å². The van der Waals surface area contributed by atoms with E-state index in [0.29, 0.717) is 6.61 Å². The number of aryl methyl sites for hydroxylation is 1. The average molecular weight is 396 g/mol. The van der Waals surface area contributed by atoms with Crippen molar-refractivity contribution in [1.29, 1.82) is 0 Å². The summed E-state index contributed by atoms with van der Waals surface area (Å²) in [5, 5.41) is 0. The number of hydrogen-bond donors (Lipinski definition) is 0. The van der Waals surface area contributed by atoms with E-state index in [2.05, 4.69) is 19.6 Å². The van der Waals surface area contributed by atoms with Gasteiger partial charge in [0.05, 0.1) is 11.2 Å². The molecule has 0 N–H and O–H groups in total.